The minimum atomic E-state index is -1.32. The largest absolute Gasteiger partial charge is 0.478 e. The first-order valence-electron chi connectivity index (χ1n) is 3.48. The molecule has 70 valence electrons. The van der Waals surface area contributed by atoms with Gasteiger partial charge in [0.2, 0.25) is 5.82 Å². The van der Waals surface area contributed by atoms with Gasteiger partial charge in [-0.25, -0.2) is 9.18 Å². The van der Waals surface area contributed by atoms with E-state index in [0.717, 1.165) is 12.2 Å². The van der Waals surface area contributed by atoms with Gasteiger partial charge in [-0.1, -0.05) is 5.16 Å². The van der Waals surface area contributed by atoms with Gasteiger partial charge in [-0.15, -0.1) is 0 Å². The quantitative estimate of drug-likeness (QED) is 0.717. The van der Waals surface area contributed by atoms with Crippen molar-refractivity contribution in [3.8, 4) is 0 Å². The van der Waals surface area contributed by atoms with Crippen LogP contribution in [-0.4, -0.2) is 21.2 Å². The van der Waals surface area contributed by atoms with Crippen LogP contribution in [0.15, 0.2) is 10.6 Å². The highest BCUT2D eigenvalue weighted by atomic mass is 19.1. The number of alkyl halides is 1. The lowest BCUT2D eigenvalue weighted by Crippen LogP contribution is -1.88. The van der Waals surface area contributed by atoms with Crippen molar-refractivity contribution in [3.05, 3.63) is 17.8 Å². The minimum Gasteiger partial charge on any atom is -0.478 e. The third kappa shape index (κ3) is 2.66. The van der Waals surface area contributed by atoms with Gasteiger partial charge in [0.15, 0.2) is 6.17 Å². The fourth-order valence-corrected chi connectivity index (χ4v) is 0.619. The van der Waals surface area contributed by atoms with Crippen molar-refractivity contribution in [2.45, 2.75) is 13.1 Å². The lowest BCUT2D eigenvalue weighted by Gasteiger charge is -1.87. The molecule has 0 aliphatic carbocycles. The highest BCUT2D eigenvalue weighted by molar-refractivity contribution is 5.84. The van der Waals surface area contributed by atoms with E-state index in [0.29, 0.717) is 0 Å². The normalized spacial score (nSPS) is 13.4. The number of carboxylic acids is 1. The molecule has 0 radical (unpaired) electrons. The number of aliphatic carboxylic acids is 1. The van der Waals surface area contributed by atoms with Crippen molar-refractivity contribution in [1.82, 2.24) is 10.1 Å². The Labute approximate surface area is 72.9 Å². The number of hydrogen-bond donors (Lipinski definition) is 1. The minimum absolute atomic E-state index is 0.0260. The fraction of sp³-hybridized carbons (Fsp3) is 0.286. The molecule has 1 heterocycles. The molecule has 0 aromatic carbocycles. The Kier molecular flexibility index (Phi) is 2.73. The molecule has 6 heteroatoms. The van der Waals surface area contributed by atoms with Crippen LogP contribution in [0, 0.1) is 0 Å². The van der Waals surface area contributed by atoms with Crippen molar-refractivity contribution in [1.29, 1.82) is 0 Å². The van der Waals surface area contributed by atoms with E-state index in [1.807, 2.05) is 0 Å². The molecule has 0 saturated heterocycles. The molecule has 0 bridgehead atoms. The average Bonchev–Trinajstić information content (AvgIpc) is 2.48. The van der Waals surface area contributed by atoms with Crippen LogP contribution in [0.25, 0.3) is 6.08 Å². The molecule has 0 spiro atoms. The zero-order valence-electron chi connectivity index (χ0n) is 6.77. The second-order valence-electron chi connectivity index (χ2n) is 2.28. The highest BCUT2D eigenvalue weighted by Crippen LogP contribution is 2.12. The Morgan fingerprint density at radius 2 is 2.46 bits per heavy atom. The van der Waals surface area contributed by atoms with E-state index in [-0.39, 0.29) is 11.7 Å². The van der Waals surface area contributed by atoms with Gasteiger partial charge < -0.3 is 9.63 Å². The second-order valence-corrected chi connectivity index (χ2v) is 2.28. The lowest BCUT2D eigenvalue weighted by molar-refractivity contribution is -0.131. The van der Waals surface area contributed by atoms with Gasteiger partial charge in [0, 0.05) is 12.2 Å². The molecular weight excluding hydrogens is 179 g/mol. The van der Waals surface area contributed by atoms with Crippen LogP contribution in [-0.2, 0) is 4.79 Å². The van der Waals surface area contributed by atoms with Gasteiger partial charge in [-0.2, -0.15) is 4.98 Å². The number of halogens is 1. The Hall–Kier alpha value is -1.72. The highest BCUT2D eigenvalue weighted by Gasteiger charge is 2.10. The Balaban J connectivity index is 2.75. The molecule has 0 saturated carbocycles. The summed E-state index contributed by atoms with van der Waals surface area (Å²) in [6.45, 7) is 1.26. The second kappa shape index (κ2) is 3.79. The Morgan fingerprint density at radius 3 is 2.92 bits per heavy atom. The molecule has 1 rings (SSSR count). The van der Waals surface area contributed by atoms with E-state index in [1.54, 1.807) is 0 Å². The molecule has 13 heavy (non-hydrogen) atoms. The summed E-state index contributed by atoms with van der Waals surface area (Å²) in [7, 11) is 0. The van der Waals surface area contributed by atoms with Crippen LogP contribution in [0.3, 0.4) is 0 Å². The van der Waals surface area contributed by atoms with Gasteiger partial charge in [0.1, 0.15) is 0 Å². The van der Waals surface area contributed by atoms with Crippen LogP contribution < -0.4 is 0 Å². The molecule has 1 N–H and O–H groups in total. The van der Waals surface area contributed by atoms with E-state index < -0.39 is 12.1 Å². The molecular formula is C7H7FN2O3. The predicted molar refractivity (Wildman–Crippen MR) is 40.5 cm³/mol. The summed E-state index contributed by atoms with van der Waals surface area (Å²) in [5.74, 6) is -1.25. The van der Waals surface area contributed by atoms with Crippen LogP contribution in [0.1, 0.15) is 24.8 Å². The standard InChI is InChI=1S/C7H7FN2O3/c1-4(8)7-9-5(13-10-7)2-3-6(11)12/h2-4H,1H3,(H,11,12)/b3-2+/t4-/m1/s1. The first-order chi connectivity index (χ1) is 6.09. The Morgan fingerprint density at radius 1 is 1.77 bits per heavy atom. The smallest absolute Gasteiger partial charge is 0.328 e. The van der Waals surface area contributed by atoms with Gasteiger partial charge in [-0.3, -0.25) is 0 Å². The first kappa shape index (κ1) is 9.37. The summed E-state index contributed by atoms with van der Waals surface area (Å²) < 4.78 is 17.0. The summed E-state index contributed by atoms with van der Waals surface area (Å²) in [4.78, 5) is 13.6. The van der Waals surface area contributed by atoms with Crippen LogP contribution in [0.2, 0.25) is 0 Å². The van der Waals surface area contributed by atoms with Gasteiger partial charge in [-0.05, 0) is 6.92 Å². The zero-order valence-corrected chi connectivity index (χ0v) is 6.77. The molecule has 1 aromatic heterocycles. The summed E-state index contributed by atoms with van der Waals surface area (Å²) in [5, 5.41) is 11.5. The zero-order chi connectivity index (χ0) is 9.84. The molecule has 0 aliphatic heterocycles. The number of carbonyl (C=O) groups is 1. The predicted octanol–water partition coefficient (Wildman–Crippen LogP) is 1.20. The monoisotopic (exact) mass is 186 g/mol. The summed E-state index contributed by atoms with van der Waals surface area (Å²) >= 11 is 0. The molecule has 0 unspecified atom stereocenters. The number of carboxylic acid groups (broad SMARTS) is 1. The molecule has 1 atom stereocenters. The molecule has 0 fully saturated rings. The van der Waals surface area contributed by atoms with Crippen molar-refractivity contribution in [2.75, 3.05) is 0 Å². The van der Waals surface area contributed by atoms with E-state index in [9.17, 15) is 9.18 Å². The third-order valence-electron chi connectivity index (χ3n) is 1.18. The molecule has 5 nitrogen and oxygen atoms in total. The number of aromatic nitrogens is 2. The molecule has 0 aliphatic rings. The van der Waals surface area contributed by atoms with Crippen molar-refractivity contribution >= 4 is 12.0 Å². The first-order valence-corrected chi connectivity index (χ1v) is 3.48. The molecule has 0 amide bonds. The van der Waals surface area contributed by atoms with Crippen molar-refractivity contribution < 1.29 is 18.8 Å². The van der Waals surface area contributed by atoms with Crippen molar-refractivity contribution in [3.63, 3.8) is 0 Å². The van der Waals surface area contributed by atoms with Gasteiger partial charge in [0.25, 0.3) is 5.89 Å². The summed E-state index contributed by atoms with van der Waals surface area (Å²) in [6, 6.07) is 0. The van der Waals surface area contributed by atoms with Gasteiger partial charge in [0.05, 0.1) is 0 Å². The Bertz CT molecular complexity index is 332. The molecule has 1 aromatic rings. The number of nitrogens with zero attached hydrogens (tertiary/aromatic N) is 2. The van der Waals surface area contributed by atoms with Gasteiger partial charge >= 0.3 is 5.97 Å². The lowest BCUT2D eigenvalue weighted by atomic mass is 10.4. The van der Waals surface area contributed by atoms with E-state index in [2.05, 4.69) is 14.7 Å². The van der Waals surface area contributed by atoms with Crippen LogP contribution in [0.5, 0.6) is 0 Å². The fourth-order valence-electron chi connectivity index (χ4n) is 0.619. The number of hydrogen-bond acceptors (Lipinski definition) is 4. The topological polar surface area (TPSA) is 76.2 Å². The third-order valence-corrected chi connectivity index (χ3v) is 1.18. The van der Waals surface area contributed by atoms with E-state index >= 15 is 0 Å². The van der Waals surface area contributed by atoms with Crippen LogP contribution >= 0.6 is 0 Å². The maximum Gasteiger partial charge on any atom is 0.328 e. The van der Waals surface area contributed by atoms with E-state index in [1.165, 1.54) is 6.92 Å². The maximum absolute atomic E-state index is 12.5. The maximum atomic E-state index is 12.5. The van der Waals surface area contributed by atoms with E-state index in [4.69, 9.17) is 5.11 Å². The van der Waals surface area contributed by atoms with Crippen LogP contribution in [0.4, 0.5) is 4.39 Å². The van der Waals surface area contributed by atoms with Crippen molar-refractivity contribution in [2.24, 2.45) is 0 Å². The average molecular weight is 186 g/mol. The summed E-state index contributed by atoms with van der Waals surface area (Å²) in [6.07, 6.45) is 0.609. The number of rotatable bonds is 3. The SMILES string of the molecule is C[C@@H](F)c1noc(/C=C/C(=O)O)n1. The summed E-state index contributed by atoms with van der Waals surface area (Å²) in [5.41, 5.74) is 0.